The number of H-pyrrole nitrogens is 1. The number of anilines is 1. The third kappa shape index (κ3) is 4.46. The number of carbonyl (C=O) groups excluding carboxylic acids is 1. The van der Waals surface area contributed by atoms with E-state index >= 15 is 4.39 Å². The third-order valence-electron chi connectivity index (χ3n) is 6.72. The van der Waals surface area contributed by atoms with Gasteiger partial charge in [-0.15, -0.1) is 0 Å². The number of rotatable bonds is 5. The molecule has 0 fully saturated rings. The number of aryl methyl sites for hydroxylation is 1. The Morgan fingerprint density at radius 1 is 1.21 bits per heavy atom. The summed E-state index contributed by atoms with van der Waals surface area (Å²) in [5.41, 5.74) is 6.20. The van der Waals surface area contributed by atoms with E-state index in [1.807, 2.05) is 48.9 Å². The summed E-state index contributed by atoms with van der Waals surface area (Å²) in [6, 6.07) is 11.3. The van der Waals surface area contributed by atoms with Gasteiger partial charge in [-0.3, -0.25) is 9.79 Å². The molecule has 1 amide bonds. The minimum absolute atomic E-state index is 0.0334. The van der Waals surface area contributed by atoms with E-state index in [9.17, 15) is 4.79 Å². The molecule has 0 spiro atoms. The van der Waals surface area contributed by atoms with E-state index in [-0.39, 0.29) is 24.1 Å². The minimum atomic E-state index is -0.416. The SMILES string of the molecule is C=CC(=O)Nc1ccc(-c2cc3c(c4c5c([nH]cnc=5n2C)=NC4)CC(F)=C(Oc2nccc(C)n2)C=3)cc1. The van der Waals surface area contributed by atoms with Crippen LogP contribution in [0.15, 0.2) is 78.2 Å². The molecule has 4 heterocycles. The van der Waals surface area contributed by atoms with Gasteiger partial charge in [0, 0.05) is 36.7 Å². The van der Waals surface area contributed by atoms with E-state index in [0.717, 1.165) is 38.5 Å². The molecule has 1 aliphatic carbocycles. The number of fused-ring (bicyclic) bond motifs is 2. The molecule has 9 nitrogen and oxygen atoms in total. The van der Waals surface area contributed by atoms with Crippen molar-refractivity contribution in [3.8, 4) is 17.3 Å². The van der Waals surface area contributed by atoms with Crippen LogP contribution in [0.2, 0.25) is 0 Å². The van der Waals surface area contributed by atoms with Crippen LogP contribution in [-0.2, 0) is 24.8 Å². The molecule has 194 valence electrons. The van der Waals surface area contributed by atoms with Crippen molar-refractivity contribution < 1.29 is 13.9 Å². The number of amides is 1. The fourth-order valence-corrected chi connectivity index (χ4v) is 4.81. The van der Waals surface area contributed by atoms with Gasteiger partial charge in [0.05, 0.1) is 18.1 Å². The van der Waals surface area contributed by atoms with Crippen molar-refractivity contribution in [1.29, 1.82) is 0 Å². The van der Waals surface area contributed by atoms with Crippen LogP contribution in [0.4, 0.5) is 10.1 Å². The van der Waals surface area contributed by atoms with Crippen LogP contribution in [0, 0.1) is 17.6 Å². The first-order valence-electron chi connectivity index (χ1n) is 12.3. The van der Waals surface area contributed by atoms with Gasteiger partial charge >= 0.3 is 6.01 Å². The predicted molar refractivity (Wildman–Crippen MR) is 143 cm³/mol. The number of ether oxygens (including phenoxy) is 1. The van der Waals surface area contributed by atoms with Gasteiger partial charge in [0.25, 0.3) is 0 Å². The maximum absolute atomic E-state index is 15.5. The highest BCUT2D eigenvalue weighted by Gasteiger charge is 2.22. The van der Waals surface area contributed by atoms with Gasteiger partial charge in [-0.2, -0.15) is 0 Å². The average Bonchev–Trinajstić information content (AvgIpc) is 3.37. The van der Waals surface area contributed by atoms with E-state index in [4.69, 9.17) is 4.74 Å². The molecule has 10 heteroatoms. The highest BCUT2D eigenvalue weighted by molar-refractivity contribution is 5.98. The first-order chi connectivity index (χ1) is 18.9. The summed E-state index contributed by atoms with van der Waals surface area (Å²) in [5, 5.41) is 4.40. The van der Waals surface area contributed by atoms with E-state index in [1.165, 1.54) is 6.08 Å². The summed E-state index contributed by atoms with van der Waals surface area (Å²) in [7, 11) is 1.93. The first kappa shape index (κ1) is 24.2. The van der Waals surface area contributed by atoms with E-state index < -0.39 is 5.83 Å². The lowest BCUT2D eigenvalue weighted by molar-refractivity contribution is -0.111. The molecule has 4 aliphatic rings. The Kier molecular flexibility index (Phi) is 5.99. The van der Waals surface area contributed by atoms with Crippen LogP contribution in [0.5, 0.6) is 6.01 Å². The number of halogens is 1. The summed E-state index contributed by atoms with van der Waals surface area (Å²) in [5.74, 6) is -0.641. The number of benzene rings is 1. The molecular weight excluding hydrogens is 497 g/mol. The number of aromatic nitrogens is 5. The molecule has 0 saturated carbocycles. The summed E-state index contributed by atoms with van der Waals surface area (Å²) in [6.45, 7) is 5.72. The van der Waals surface area contributed by atoms with Crippen molar-refractivity contribution in [2.75, 3.05) is 5.32 Å². The molecule has 0 atom stereocenters. The van der Waals surface area contributed by atoms with Crippen LogP contribution >= 0.6 is 0 Å². The Labute approximate surface area is 222 Å². The molecule has 39 heavy (non-hydrogen) atoms. The standard InChI is InChI=1S/C29H24FN7O2/c1-4-25(38)36-19-7-5-17(6-8-19)23-11-18-12-24(39-29-31-10-9-16(2)35-29)22(30)13-20(18)21-14-32-27-26(21)28(37(23)3)34-15-33-27/h4-12,15H,1,13-14H2,2-3H3,(H,36,38)(H,32,33,34). The highest BCUT2D eigenvalue weighted by Crippen LogP contribution is 2.26. The molecule has 6 rings (SSSR count). The fourth-order valence-electron chi connectivity index (χ4n) is 4.81. The number of allylic oxidation sites excluding steroid dienone is 2. The third-order valence-corrected chi connectivity index (χ3v) is 6.72. The Morgan fingerprint density at radius 2 is 2.03 bits per heavy atom. The molecule has 0 unspecified atom stereocenters. The Hall–Kier alpha value is -5.12. The number of nitrogens with one attached hydrogen (secondary N) is 2. The van der Waals surface area contributed by atoms with Gasteiger partial charge < -0.3 is 19.6 Å². The Morgan fingerprint density at radius 3 is 2.79 bits per heavy atom. The van der Waals surface area contributed by atoms with Gasteiger partial charge in [0.2, 0.25) is 5.91 Å². The summed E-state index contributed by atoms with van der Waals surface area (Å²) in [4.78, 5) is 32.5. The van der Waals surface area contributed by atoms with Crippen molar-refractivity contribution in [2.45, 2.75) is 19.9 Å². The summed E-state index contributed by atoms with van der Waals surface area (Å²) in [6.07, 6.45) is 6.12. The van der Waals surface area contributed by atoms with Gasteiger partial charge in [0.15, 0.2) is 5.76 Å². The lowest BCUT2D eigenvalue weighted by Gasteiger charge is -2.16. The van der Waals surface area contributed by atoms with E-state index in [2.05, 4.69) is 36.8 Å². The van der Waals surface area contributed by atoms with Gasteiger partial charge in [-0.1, -0.05) is 18.7 Å². The van der Waals surface area contributed by atoms with Crippen molar-refractivity contribution in [3.05, 3.63) is 111 Å². The molecule has 3 aliphatic heterocycles. The lowest BCUT2D eigenvalue weighted by Crippen LogP contribution is -2.21. The molecular formula is C29H24FN7O2. The average molecular weight is 522 g/mol. The quantitative estimate of drug-likeness (QED) is 0.392. The normalized spacial score (nSPS) is 13.3. The Balaban J connectivity index is 1.60. The topological polar surface area (TPSA) is 110 Å². The van der Waals surface area contributed by atoms with Gasteiger partial charge in [-0.25, -0.2) is 19.3 Å². The first-order valence-corrected chi connectivity index (χ1v) is 12.3. The van der Waals surface area contributed by atoms with Gasteiger partial charge in [-0.05, 0) is 65.3 Å². The second-order valence-electron chi connectivity index (χ2n) is 9.21. The van der Waals surface area contributed by atoms with E-state index in [1.54, 1.807) is 24.7 Å². The number of hydrogen-bond acceptors (Lipinski definition) is 6. The van der Waals surface area contributed by atoms with E-state index in [0.29, 0.717) is 23.2 Å². The molecule has 0 bridgehead atoms. The number of carbonyl (C=O) groups is 1. The molecule has 1 aromatic carbocycles. The second kappa shape index (κ2) is 9.64. The van der Waals surface area contributed by atoms with Crippen LogP contribution in [0.1, 0.15) is 16.8 Å². The monoisotopic (exact) mass is 521 g/mol. The predicted octanol–water partition coefficient (Wildman–Crippen LogP) is 3.22. The largest absolute Gasteiger partial charge is 0.421 e. The van der Waals surface area contributed by atoms with Gasteiger partial charge in [0.1, 0.15) is 16.8 Å². The molecule has 2 N–H and O–H groups in total. The van der Waals surface area contributed by atoms with Crippen LogP contribution in [0.3, 0.4) is 0 Å². The maximum atomic E-state index is 15.5. The molecule has 0 saturated heterocycles. The molecule has 2 aromatic rings. The number of hydrogen-bond donors (Lipinski definition) is 2. The number of aromatic amines is 1. The van der Waals surface area contributed by atoms with Crippen LogP contribution in [-0.4, -0.2) is 30.4 Å². The number of nitrogens with zero attached hydrogens (tertiary/aromatic N) is 5. The Bertz CT molecular complexity index is 1940. The summed E-state index contributed by atoms with van der Waals surface area (Å²) < 4.78 is 23.3. The van der Waals surface area contributed by atoms with Crippen molar-refractivity contribution in [3.63, 3.8) is 0 Å². The molecule has 1 aromatic heterocycles. The second-order valence-corrected chi connectivity index (χ2v) is 9.21. The van der Waals surface area contributed by atoms with Crippen molar-refractivity contribution >= 4 is 17.7 Å². The van der Waals surface area contributed by atoms with Crippen molar-refractivity contribution in [1.82, 2.24) is 24.5 Å². The summed E-state index contributed by atoms with van der Waals surface area (Å²) >= 11 is 0. The zero-order chi connectivity index (χ0) is 27.1. The molecule has 0 radical (unpaired) electrons. The zero-order valence-electron chi connectivity index (χ0n) is 21.3. The smallest absolute Gasteiger partial charge is 0.322 e. The fraction of sp³-hybridized carbons (Fsp3) is 0.138. The van der Waals surface area contributed by atoms with Crippen molar-refractivity contribution in [2.24, 2.45) is 12.0 Å². The van der Waals surface area contributed by atoms with Crippen LogP contribution in [0.25, 0.3) is 17.3 Å². The van der Waals surface area contributed by atoms with Crippen LogP contribution < -0.4 is 20.8 Å². The minimum Gasteiger partial charge on any atom is -0.421 e. The zero-order valence-corrected chi connectivity index (χ0v) is 21.3. The lowest BCUT2D eigenvalue weighted by atomic mass is 9.97. The maximum Gasteiger partial charge on any atom is 0.322 e. The highest BCUT2D eigenvalue weighted by atomic mass is 19.1.